The van der Waals surface area contributed by atoms with E-state index in [4.69, 9.17) is 10.5 Å². The maximum atomic E-state index is 12.5. The third-order valence-corrected chi connectivity index (χ3v) is 2.49. The fourth-order valence-electron chi connectivity index (χ4n) is 1.56. The number of alkyl halides is 2. The lowest BCUT2D eigenvalue weighted by Gasteiger charge is -2.12. The van der Waals surface area contributed by atoms with Gasteiger partial charge < -0.3 is 10.5 Å². The van der Waals surface area contributed by atoms with E-state index in [-0.39, 0.29) is 12.4 Å². The Hall–Kier alpha value is -1.65. The van der Waals surface area contributed by atoms with Crippen LogP contribution in [-0.2, 0) is 0 Å². The molecule has 0 bridgehead atoms. The van der Waals surface area contributed by atoms with Crippen molar-refractivity contribution in [3.63, 3.8) is 0 Å². The van der Waals surface area contributed by atoms with E-state index in [9.17, 15) is 8.78 Å². The molecule has 0 aliphatic rings. The molecular weight excluding hydrogens is 272 g/mol. The molecule has 0 spiro atoms. The summed E-state index contributed by atoms with van der Waals surface area (Å²) < 4.78 is 30.6. The van der Waals surface area contributed by atoms with E-state index in [1.54, 1.807) is 30.3 Å². The van der Waals surface area contributed by atoms with Crippen LogP contribution in [0.2, 0.25) is 0 Å². The first-order chi connectivity index (χ1) is 8.66. The summed E-state index contributed by atoms with van der Waals surface area (Å²) in [6.07, 6.45) is -2.59. The van der Waals surface area contributed by atoms with Crippen molar-refractivity contribution in [1.82, 2.24) is 0 Å². The van der Waals surface area contributed by atoms with E-state index in [2.05, 4.69) is 0 Å². The van der Waals surface area contributed by atoms with Crippen molar-refractivity contribution >= 4 is 12.4 Å². The van der Waals surface area contributed by atoms with Gasteiger partial charge in [-0.05, 0) is 29.8 Å². The summed E-state index contributed by atoms with van der Waals surface area (Å²) in [5.74, 6) is 1.15. The SMILES string of the molecule is Cl.N[C@@H](c1cccc(Oc2ccccc2)c1)C(F)F. The van der Waals surface area contributed by atoms with Gasteiger partial charge in [-0.25, -0.2) is 8.78 Å². The predicted molar refractivity (Wildman–Crippen MR) is 73.1 cm³/mol. The van der Waals surface area contributed by atoms with Crippen LogP contribution < -0.4 is 10.5 Å². The number of rotatable bonds is 4. The van der Waals surface area contributed by atoms with E-state index in [1.807, 2.05) is 18.2 Å². The second-order valence-corrected chi connectivity index (χ2v) is 3.85. The molecule has 19 heavy (non-hydrogen) atoms. The third-order valence-electron chi connectivity index (χ3n) is 2.49. The molecule has 0 heterocycles. The normalized spacial score (nSPS) is 11.8. The van der Waals surface area contributed by atoms with Crippen LogP contribution in [0.1, 0.15) is 11.6 Å². The third kappa shape index (κ3) is 4.19. The van der Waals surface area contributed by atoms with Crippen LogP contribution in [0.5, 0.6) is 11.5 Å². The molecule has 0 fully saturated rings. The number of nitrogens with two attached hydrogens (primary N) is 1. The Morgan fingerprint density at radius 3 is 2.16 bits per heavy atom. The molecule has 2 nitrogen and oxygen atoms in total. The topological polar surface area (TPSA) is 35.2 Å². The minimum atomic E-state index is -2.59. The van der Waals surface area contributed by atoms with E-state index in [1.165, 1.54) is 6.07 Å². The summed E-state index contributed by atoms with van der Waals surface area (Å²) in [4.78, 5) is 0. The Balaban J connectivity index is 0.00000180. The van der Waals surface area contributed by atoms with Gasteiger partial charge in [0.15, 0.2) is 0 Å². The van der Waals surface area contributed by atoms with Gasteiger partial charge in [0.1, 0.15) is 11.5 Å². The number of hydrogen-bond acceptors (Lipinski definition) is 2. The lowest BCUT2D eigenvalue weighted by atomic mass is 10.1. The predicted octanol–water partition coefficient (Wildman–Crippen LogP) is 4.17. The average molecular weight is 286 g/mol. The van der Waals surface area contributed by atoms with Gasteiger partial charge in [0, 0.05) is 0 Å². The molecule has 0 radical (unpaired) electrons. The van der Waals surface area contributed by atoms with E-state index < -0.39 is 12.5 Å². The smallest absolute Gasteiger partial charge is 0.257 e. The van der Waals surface area contributed by atoms with E-state index in [0.717, 1.165) is 0 Å². The van der Waals surface area contributed by atoms with E-state index in [0.29, 0.717) is 17.1 Å². The molecule has 0 saturated carbocycles. The van der Waals surface area contributed by atoms with Crippen molar-refractivity contribution in [3.8, 4) is 11.5 Å². The first kappa shape index (κ1) is 15.4. The van der Waals surface area contributed by atoms with E-state index >= 15 is 0 Å². The lowest BCUT2D eigenvalue weighted by molar-refractivity contribution is 0.116. The second-order valence-electron chi connectivity index (χ2n) is 3.85. The van der Waals surface area contributed by atoms with Crippen LogP contribution in [0.15, 0.2) is 54.6 Å². The van der Waals surface area contributed by atoms with Crippen molar-refractivity contribution in [2.75, 3.05) is 0 Å². The molecule has 2 aromatic rings. The molecule has 5 heteroatoms. The van der Waals surface area contributed by atoms with Gasteiger partial charge in [0.05, 0.1) is 6.04 Å². The monoisotopic (exact) mass is 285 g/mol. The molecule has 1 atom stereocenters. The number of benzene rings is 2. The molecule has 2 N–H and O–H groups in total. The van der Waals surface area contributed by atoms with Gasteiger partial charge in [-0.3, -0.25) is 0 Å². The molecule has 0 saturated heterocycles. The highest BCUT2D eigenvalue weighted by Crippen LogP contribution is 2.25. The standard InChI is InChI=1S/C14H13F2NO.ClH/c15-14(16)13(17)10-5-4-8-12(9-10)18-11-6-2-1-3-7-11;/h1-9,13-14H,17H2;1H/t13-;/m0./s1. The number of halogens is 3. The highest BCUT2D eigenvalue weighted by molar-refractivity contribution is 5.85. The van der Waals surface area contributed by atoms with Gasteiger partial charge in [-0.2, -0.15) is 0 Å². The van der Waals surface area contributed by atoms with Crippen LogP contribution in [0, 0.1) is 0 Å². The Kier molecular flexibility index (Phi) is 5.73. The van der Waals surface area contributed by atoms with Crippen LogP contribution in [0.3, 0.4) is 0 Å². The number of para-hydroxylation sites is 1. The molecule has 2 aromatic carbocycles. The highest BCUT2D eigenvalue weighted by Gasteiger charge is 2.17. The molecule has 0 unspecified atom stereocenters. The summed E-state index contributed by atoms with van der Waals surface area (Å²) in [5, 5.41) is 0. The molecule has 0 amide bonds. The van der Waals surface area contributed by atoms with Crippen LogP contribution in [0.4, 0.5) is 8.78 Å². The average Bonchev–Trinajstić information content (AvgIpc) is 2.39. The first-order valence-electron chi connectivity index (χ1n) is 5.53. The zero-order valence-corrected chi connectivity index (χ0v) is 10.8. The van der Waals surface area contributed by atoms with Gasteiger partial charge >= 0.3 is 0 Å². The highest BCUT2D eigenvalue weighted by atomic mass is 35.5. The quantitative estimate of drug-likeness (QED) is 0.915. The second kappa shape index (κ2) is 7.07. The summed E-state index contributed by atoms with van der Waals surface area (Å²) in [6.45, 7) is 0. The summed E-state index contributed by atoms with van der Waals surface area (Å²) in [5.41, 5.74) is 5.75. The number of ether oxygens (including phenoxy) is 1. The van der Waals surface area contributed by atoms with Gasteiger partial charge in [0.25, 0.3) is 6.43 Å². The Bertz CT molecular complexity index is 508. The Labute approximate surface area is 116 Å². The van der Waals surface area contributed by atoms with Crippen molar-refractivity contribution in [2.45, 2.75) is 12.5 Å². The minimum absolute atomic E-state index is 0. The van der Waals surface area contributed by atoms with Crippen LogP contribution >= 0.6 is 12.4 Å². The summed E-state index contributed by atoms with van der Waals surface area (Å²) in [7, 11) is 0. The Morgan fingerprint density at radius 2 is 1.53 bits per heavy atom. The fraction of sp³-hybridized carbons (Fsp3) is 0.143. The summed E-state index contributed by atoms with van der Waals surface area (Å²) >= 11 is 0. The van der Waals surface area contributed by atoms with Gasteiger partial charge in [0.2, 0.25) is 0 Å². The lowest BCUT2D eigenvalue weighted by Crippen LogP contribution is -2.18. The maximum absolute atomic E-state index is 12.5. The first-order valence-corrected chi connectivity index (χ1v) is 5.53. The largest absolute Gasteiger partial charge is 0.457 e. The molecular formula is C14H14ClF2NO. The van der Waals surface area contributed by atoms with Crippen molar-refractivity contribution in [3.05, 3.63) is 60.2 Å². The molecule has 0 aliphatic carbocycles. The van der Waals surface area contributed by atoms with Crippen LogP contribution in [-0.4, -0.2) is 6.43 Å². The van der Waals surface area contributed by atoms with Crippen LogP contribution in [0.25, 0.3) is 0 Å². The maximum Gasteiger partial charge on any atom is 0.257 e. The molecule has 0 aliphatic heterocycles. The molecule has 2 rings (SSSR count). The van der Waals surface area contributed by atoms with Gasteiger partial charge in [-0.1, -0.05) is 30.3 Å². The Morgan fingerprint density at radius 1 is 0.895 bits per heavy atom. The van der Waals surface area contributed by atoms with Crippen molar-refractivity contribution in [1.29, 1.82) is 0 Å². The zero-order valence-electron chi connectivity index (χ0n) is 10.0. The summed E-state index contributed by atoms with van der Waals surface area (Å²) in [6, 6.07) is 14.3. The minimum Gasteiger partial charge on any atom is -0.457 e. The number of hydrogen-bond donors (Lipinski definition) is 1. The molecule has 102 valence electrons. The van der Waals surface area contributed by atoms with Crippen molar-refractivity contribution in [2.24, 2.45) is 5.73 Å². The molecule has 0 aromatic heterocycles. The van der Waals surface area contributed by atoms with Gasteiger partial charge in [-0.15, -0.1) is 12.4 Å². The fourth-order valence-corrected chi connectivity index (χ4v) is 1.56. The van der Waals surface area contributed by atoms with Crippen molar-refractivity contribution < 1.29 is 13.5 Å². The zero-order chi connectivity index (χ0) is 13.0.